The zero-order chi connectivity index (χ0) is 21.3. The van der Waals surface area contributed by atoms with Gasteiger partial charge in [-0.25, -0.2) is 10.9 Å². The Hall–Kier alpha value is -2.61. The van der Waals surface area contributed by atoms with Crippen LogP contribution in [0, 0.1) is 11.8 Å². The Bertz CT molecular complexity index is 902. The fraction of sp³-hybridized carbons (Fsp3) is 0.435. The lowest BCUT2D eigenvalue weighted by Crippen LogP contribution is -2.53. The van der Waals surface area contributed by atoms with Crippen LogP contribution in [0.1, 0.15) is 49.0 Å². The van der Waals surface area contributed by atoms with E-state index in [1.165, 1.54) is 5.56 Å². The summed E-state index contributed by atoms with van der Waals surface area (Å²) in [6.45, 7) is 4.42. The number of carbonyl (C=O) groups is 1. The van der Waals surface area contributed by atoms with Crippen molar-refractivity contribution >= 4 is 5.97 Å². The lowest BCUT2D eigenvalue weighted by Gasteiger charge is -2.39. The molecule has 0 spiro atoms. The highest BCUT2D eigenvalue weighted by Crippen LogP contribution is 2.43. The number of aliphatic carboxylic acids is 1. The number of hydrogen-bond acceptors (Lipinski definition) is 6. The molecule has 2 aliphatic heterocycles. The minimum atomic E-state index is -0.791. The van der Waals surface area contributed by atoms with Crippen molar-refractivity contribution in [2.75, 3.05) is 6.61 Å². The molecule has 2 aliphatic rings. The molecule has 0 aromatic heterocycles. The normalized spacial score (nSPS) is 28.1. The van der Waals surface area contributed by atoms with Crippen LogP contribution in [-0.2, 0) is 11.2 Å². The van der Waals surface area contributed by atoms with Gasteiger partial charge in [-0.1, -0.05) is 37.3 Å². The molecule has 2 aromatic rings. The minimum Gasteiger partial charge on any atom is -0.504 e. The number of fused-ring (bicyclic) bond motifs is 1. The van der Waals surface area contributed by atoms with Gasteiger partial charge in [0.1, 0.15) is 0 Å². The van der Waals surface area contributed by atoms with Gasteiger partial charge in [-0.3, -0.25) is 10.1 Å². The lowest BCUT2D eigenvalue weighted by molar-refractivity contribution is -0.146. The fourth-order valence-electron chi connectivity index (χ4n) is 4.66. The van der Waals surface area contributed by atoms with Crippen LogP contribution in [-0.4, -0.2) is 29.0 Å². The molecule has 5 unspecified atom stereocenters. The second-order valence-corrected chi connectivity index (χ2v) is 7.98. The standard InChI is InChI=1S/C23H29N3O4/c1-3-13-5-7-14(8-6-13)21-20-16(23(28)29)12-17(24-22(20)26-25-21)15-9-10-18(27)19(11-15)30-4-2/h5-11,16-17,20-22,24-27H,3-4,12H2,1-2H3,(H,28,29). The molecule has 0 amide bonds. The summed E-state index contributed by atoms with van der Waals surface area (Å²) in [6.07, 6.45) is 1.24. The van der Waals surface area contributed by atoms with Gasteiger partial charge < -0.3 is 14.9 Å². The summed E-state index contributed by atoms with van der Waals surface area (Å²) in [5.41, 5.74) is 9.82. The van der Waals surface area contributed by atoms with Gasteiger partial charge in [0.05, 0.1) is 24.7 Å². The van der Waals surface area contributed by atoms with Crippen molar-refractivity contribution in [2.24, 2.45) is 11.8 Å². The van der Waals surface area contributed by atoms with Crippen molar-refractivity contribution in [3.63, 3.8) is 0 Å². The smallest absolute Gasteiger partial charge is 0.307 e. The average molecular weight is 412 g/mol. The second-order valence-electron chi connectivity index (χ2n) is 7.98. The van der Waals surface area contributed by atoms with Gasteiger partial charge in [0, 0.05) is 12.0 Å². The number of piperidine rings is 1. The Labute approximate surface area is 176 Å². The Morgan fingerprint density at radius 1 is 1.10 bits per heavy atom. The highest BCUT2D eigenvalue weighted by Gasteiger charge is 2.49. The van der Waals surface area contributed by atoms with E-state index in [-0.39, 0.29) is 29.9 Å². The van der Waals surface area contributed by atoms with E-state index in [0.717, 1.165) is 17.5 Å². The SMILES string of the molecule is CCOc1cc(C2CC(C(=O)O)C3C(NNC3c3ccc(CC)cc3)N2)ccc1O. The molecular formula is C23H29N3O4. The zero-order valence-corrected chi connectivity index (χ0v) is 17.3. The van der Waals surface area contributed by atoms with E-state index in [4.69, 9.17) is 4.74 Å². The van der Waals surface area contributed by atoms with Gasteiger partial charge in [-0.05, 0) is 48.6 Å². The van der Waals surface area contributed by atoms with E-state index >= 15 is 0 Å². The number of hydrogen-bond donors (Lipinski definition) is 5. The summed E-state index contributed by atoms with van der Waals surface area (Å²) in [5.74, 6) is -0.947. The fourth-order valence-corrected chi connectivity index (χ4v) is 4.66. The van der Waals surface area contributed by atoms with E-state index < -0.39 is 11.9 Å². The number of aryl methyl sites for hydroxylation is 1. The Kier molecular flexibility index (Phi) is 5.94. The Morgan fingerprint density at radius 3 is 2.50 bits per heavy atom. The summed E-state index contributed by atoms with van der Waals surface area (Å²) in [7, 11) is 0. The zero-order valence-electron chi connectivity index (χ0n) is 17.3. The second kappa shape index (κ2) is 8.63. The minimum absolute atomic E-state index is 0.0836. The van der Waals surface area contributed by atoms with Gasteiger partial charge in [-0.15, -0.1) is 0 Å². The molecule has 5 N–H and O–H groups in total. The maximum atomic E-state index is 12.2. The number of hydrazine groups is 1. The van der Waals surface area contributed by atoms with E-state index in [9.17, 15) is 15.0 Å². The first-order chi connectivity index (χ1) is 14.5. The summed E-state index contributed by atoms with van der Waals surface area (Å²) in [5, 5.41) is 23.6. The predicted molar refractivity (Wildman–Crippen MR) is 113 cm³/mol. The Balaban J connectivity index is 1.59. The van der Waals surface area contributed by atoms with Crippen molar-refractivity contribution in [3.05, 3.63) is 59.2 Å². The molecule has 5 atom stereocenters. The number of benzene rings is 2. The lowest BCUT2D eigenvalue weighted by atomic mass is 9.74. The first kappa shape index (κ1) is 20.7. The third-order valence-corrected chi connectivity index (χ3v) is 6.25. The number of rotatable bonds is 6. The monoisotopic (exact) mass is 411 g/mol. The maximum Gasteiger partial charge on any atom is 0.307 e. The highest BCUT2D eigenvalue weighted by molar-refractivity contribution is 5.71. The topological polar surface area (TPSA) is 103 Å². The number of nitrogens with one attached hydrogen (secondary N) is 3. The third-order valence-electron chi connectivity index (χ3n) is 6.25. The molecule has 0 radical (unpaired) electrons. The predicted octanol–water partition coefficient (Wildman–Crippen LogP) is 2.88. The molecular weight excluding hydrogens is 382 g/mol. The molecule has 0 aliphatic carbocycles. The van der Waals surface area contributed by atoms with Crippen LogP contribution >= 0.6 is 0 Å². The van der Waals surface area contributed by atoms with Crippen molar-refractivity contribution < 1.29 is 19.7 Å². The van der Waals surface area contributed by atoms with Crippen molar-refractivity contribution in [1.29, 1.82) is 0 Å². The molecule has 2 fully saturated rings. The molecule has 160 valence electrons. The number of ether oxygens (including phenoxy) is 1. The van der Waals surface area contributed by atoms with Crippen LogP contribution in [0.4, 0.5) is 0 Å². The summed E-state index contributed by atoms with van der Waals surface area (Å²) in [6, 6.07) is 13.3. The molecule has 7 nitrogen and oxygen atoms in total. The number of phenols is 1. The van der Waals surface area contributed by atoms with Gasteiger partial charge in [0.2, 0.25) is 0 Å². The van der Waals surface area contributed by atoms with Crippen LogP contribution in [0.5, 0.6) is 11.5 Å². The van der Waals surface area contributed by atoms with E-state index in [1.807, 2.05) is 13.0 Å². The van der Waals surface area contributed by atoms with Crippen LogP contribution in [0.25, 0.3) is 0 Å². The molecule has 30 heavy (non-hydrogen) atoms. The van der Waals surface area contributed by atoms with Gasteiger partial charge >= 0.3 is 5.97 Å². The van der Waals surface area contributed by atoms with Crippen LogP contribution in [0.3, 0.4) is 0 Å². The molecule has 2 aromatic carbocycles. The molecule has 2 saturated heterocycles. The third kappa shape index (κ3) is 3.88. The summed E-state index contributed by atoms with van der Waals surface area (Å²) < 4.78 is 5.50. The molecule has 4 rings (SSSR count). The first-order valence-electron chi connectivity index (χ1n) is 10.6. The summed E-state index contributed by atoms with van der Waals surface area (Å²) in [4.78, 5) is 12.2. The average Bonchev–Trinajstić information content (AvgIpc) is 3.18. The van der Waals surface area contributed by atoms with Crippen molar-refractivity contribution in [3.8, 4) is 11.5 Å². The van der Waals surface area contributed by atoms with Gasteiger partial charge in [0.15, 0.2) is 11.5 Å². The van der Waals surface area contributed by atoms with Crippen molar-refractivity contribution in [1.82, 2.24) is 16.2 Å². The summed E-state index contributed by atoms with van der Waals surface area (Å²) >= 11 is 0. The number of aromatic hydroxyl groups is 1. The molecule has 0 saturated carbocycles. The van der Waals surface area contributed by atoms with E-state index in [0.29, 0.717) is 18.8 Å². The molecule has 0 bridgehead atoms. The van der Waals surface area contributed by atoms with Crippen molar-refractivity contribution in [2.45, 2.75) is 44.9 Å². The van der Waals surface area contributed by atoms with Crippen LogP contribution in [0.2, 0.25) is 0 Å². The van der Waals surface area contributed by atoms with E-state index in [2.05, 4.69) is 47.4 Å². The molecule has 7 heteroatoms. The van der Waals surface area contributed by atoms with E-state index in [1.54, 1.807) is 12.1 Å². The van der Waals surface area contributed by atoms with Crippen LogP contribution < -0.4 is 20.9 Å². The quantitative estimate of drug-likeness (QED) is 0.498. The van der Waals surface area contributed by atoms with Gasteiger partial charge in [-0.2, -0.15) is 0 Å². The Morgan fingerprint density at radius 2 is 1.83 bits per heavy atom. The van der Waals surface area contributed by atoms with Crippen LogP contribution in [0.15, 0.2) is 42.5 Å². The van der Waals surface area contributed by atoms with Gasteiger partial charge in [0.25, 0.3) is 0 Å². The number of phenolic OH excluding ortho intramolecular Hbond substituents is 1. The largest absolute Gasteiger partial charge is 0.504 e. The maximum absolute atomic E-state index is 12.2. The highest BCUT2D eigenvalue weighted by atomic mass is 16.5. The molecule has 2 heterocycles. The number of carboxylic acids is 1. The first-order valence-corrected chi connectivity index (χ1v) is 10.6. The number of carboxylic acid groups (broad SMARTS) is 1.